The van der Waals surface area contributed by atoms with E-state index in [1.165, 1.54) is 19.3 Å². The van der Waals surface area contributed by atoms with E-state index in [9.17, 15) is 5.11 Å². The molecule has 1 fully saturated rings. The first-order chi connectivity index (χ1) is 8.21. The highest BCUT2D eigenvalue weighted by atomic mass is 16.5. The lowest BCUT2D eigenvalue weighted by Crippen LogP contribution is -2.48. The quantitative estimate of drug-likeness (QED) is 0.742. The Morgan fingerprint density at radius 3 is 2.94 bits per heavy atom. The van der Waals surface area contributed by atoms with Gasteiger partial charge >= 0.3 is 0 Å². The van der Waals surface area contributed by atoms with Crippen LogP contribution in [0.5, 0.6) is 5.75 Å². The van der Waals surface area contributed by atoms with E-state index in [2.05, 4.69) is 6.92 Å². The van der Waals surface area contributed by atoms with Gasteiger partial charge in [0.25, 0.3) is 0 Å². The van der Waals surface area contributed by atoms with E-state index in [0.717, 1.165) is 24.2 Å². The third-order valence-electron chi connectivity index (χ3n) is 4.52. The summed E-state index contributed by atoms with van der Waals surface area (Å²) in [6.07, 6.45) is 5.21. The first-order valence-corrected chi connectivity index (χ1v) is 6.67. The maximum absolute atomic E-state index is 10.3. The molecule has 1 spiro atoms. The topological polar surface area (TPSA) is 29.5 Å². The molecular formula is C15H20O2. The number of hydrogen-bond donors (Lipinski definition) is 1. The Balaban J connectivity index is 1.97. The van der Waals surface area contributed by atoms with Crippen molar-refractivity contribution in [2.24, 2.45) is 5.92 Å². The van der Waals surface area contributed by atoms with Crippen LogP contribution in [0.3, 0.4) is 0 Å². The predicted molar refractivity (Wildman–Crippen MR) is 67.0 cm³/mol. The lowest BCUT2D eigenvalue weighted by molar-refractivity contribution is -0.0717. The van der Waals surface area contributed by atoms with Crippen LogP contribution in [0.1, 0.15) is 50.7 Å². The number of aliphatic hydroxyl groups excluding tert-OH is 1. The Bertz CT molecular complexity index is 415. The third-order valence-corrected chi connectivity index (χ3v) is 4.52. The van der Waals surface area contributed by atoms with Crippen LogP contribution in [0.15, 0.2) is 24.3 Å². The Morgan fingerprint density at radius 2 is 2.12 bits per heavy atom. The average molecular weight is 232 g/mol. The number of ether oxygens (including phenoxy) is 1. The second kappa shape index (κ2) is 4.02. The van der Waals surface area contributed by atoms with Crippen molar-refractivity contribution >= 4 is 0 Å². The highest BCUT2D eigenvalue weighted by molar-refractivity contribution is 5.38. The molecule has 1 aliphatic heterocycles. The molecule has 0 saturated heterocycles. The van der Waals surface area contributed by atoms with E-state index in [1.54, 1.807) is 0 Å². The van der Waals surface area contributed by atoms with Crippen molar-refractivity contribution in [1.29, 1.82) is 0 Å². The summed E-state index contributed by atoms with van der Waals surface area (Å²) in [6, 6.07) is 7.91. The summed E-state index contributed by atoms with van der Waals surface area (Å²) in [5.74, 6) is 1.43. The number of aliphatic hydroxyl groups is 1. The van der Waals surface area contributed by atoms with Gasteiger partial charge in [-0.3, -0.25) is 0 Å². The molecule has 0 aromatic heterocycles. The molecule has 92 valence electrons. The van der Waals surface area contributed by atoms with Crippen molar-refractivity contribution in [1.82, 2.24) is 0 Å². The van der Waals surface area contributed by atoms with Gasteiger partial charge in [0.2, 0.25) is 0 Å². The van der Waals surface area contributed by atoms with Crippen LogP contribution in [-0.2, 0) is 0 Å². The van der Waals surface area contributed by atoms with Gasteiger partial charge in [0.05, 0.1) is 6.10 Å². The fourth-order valence-corrected chi connectivity index (χ4v) is 3.39. The Labute approximate surface area is 103 Å². The summed E-state index contributed by atoms with van der Waals surface area (Å²) < 4.78 is 6.28. The molecular weight excluding hydrogens is 212 g/mol. The summed E-state index contributed by atoms with van der Waals surface area (Å²) in [6.45, 7) is 2.26. The number of para-hydroxylation sites is 1. The summed E-state index contributed by atoms with van der Waals surface area (Å²) >= 11 is 0. The monoisotopic (exact) mass is 232 g/mol. The van der Waals surface area contributed by atoms with Gasteiger partial charge in [0, 0.05) is 12.0 Å². The molecule has 0 radical (unpaired) electrons. The van der Waals surface area contributed by atoms with E-state index in [1.807, 2.05) is 24.3 Å². The van der Waals surface area contributed by atoms with Crippen molar-refractivity contribution in [3.05, 3.63) is 29.8 Å². The van der Waals surface area contributed by atoms with Crippen LogP contribution in [0.25, 0.3) is 0 Å². The number of fused-ring (bicyclic) bond motifs is 1. The Hall–Kier alpha value is -1.02. The van der Waals surface area contributed by atoms with Crippen LogP contribution < -0.4 is 4.74 Å². The highest BCUT2D eigenvalue weighted by Crippen LogP contribution is 2.48. The fraction of sp³-hybridized carbons (Fsp3) is 0.600. The van der Waals surface area contributed by atoms with Gasteiger partial charge in [-0.1, -0.05) is 31.5 Å². The molecule has 17 heavy (non-hydrogen) atoms. The molecule has 3 atom stereocenters. The van der Waals surface area contributed by atoms with Gasteiger partial charge in [-0.05, 0) is 31.2 Å². The van der Waals surface area contributed by atoms with E-state index in [0.29, 0.717) is 5.92 Å². The van der Waals surface area contributed by atoms with Crippen LogP contribution in [-0.4, -0.2) is 10.7 Å². The average Bonchev–Trinajstić information content (AvgIpc) is 2.33. The fourth-order valence-electron chi connectivity index (χ4n) is 3.39. The zero-order valence-electron chi connectivity index (χ0n) is 10.4. The zero-order chi connectivity index (χ0) is 11.9. The molecule has 2 nitrogen and oxygen atoms in total. The molecule has 0 amide bonds. The van der Waals surface area contributed by atoms with E-state index in [-0.39, 0.29) is 11.7 Å². The van der Waals surface area contributed by atoms with Gasteiger partial charge in [0.15, 0.2) is 0 Å². The van der Waals surface area contributed by atoms with Gasteiger partial charge in [0.1, 0.15) is 11.4 Å². The second-order valence-corrected chi connectivity index (χ2v) is 5.57. The van der Waals surface area contributed by atoms with Crippen molar-refractivity contribution < 1.29 is 9.84 Å². The second-order valence-electron chi connectivity index (χ2n) is 5.57. The molecule has 1 aliphatic carbocycles. The van der Waals surface area contributed by atoms with Crippen LogP contribution in [0, 0.1) is 5.92 Å². The smallest absolute Gasteiger partial charge is 0.125 e. The molecule has 2 heteroatoms. The van der Waals surface area contributed by atoms with Crippen LogP contribution in [0.4, 0.5) is 0 Å². The maximum Gasteiger partial charge on any atom is 0.125 e. The van der Waals surface area contributed by atoms with Gasteiger partial charge in [-0.2, -0.15) is 0 Å². The van der Waals surface area contributed by atoms with Gasteiger partial charge < -0.3 is 9.84 Å². The standard InChI is InChI=1S/C15H20O2/c1-11-6-4-5-9-15(11)10-13(16)12-7-2-3-8-14(12)17-15/h2-3,7-8,11,13,16H,4-6,9-10H2,1H3/t11?,13-,15?/m0/s1. The summed E-state index contributed by atoms with van der Waals surface area (Å²) in [5.41, 5.74) is 0.836. The molecule has 1 heterocycles. The zero-order valence-corrected chi connectivity index (χ0v) is 10.4. The van der Waals surface area contributed by atoms with Crippen LogP contribution in [0.2, 0.25) is 0 Å². The lowest BCUT2D eigenvalue weighted by atomic mass is 9.71. The molecule has 2 aliphatic rings. The maximum atomic E-state index is 10.3. The predicted octanol–water partition coefficient (Wildman–Crippen LogP) is 3.45. The minimum absolute atomic E-state index is 0.119. The lowest BCUT2D eigenvalue weighted by Gasteiger charge is -2.47. The number of rotatable bonds is 0. The van der Waals surface area contributed by atoms with E-state index < -0.39 is 0 Å². The first-order valence-electron chi connectivity index (χ1n) is 6.67. The van der Waals surface area contributed by atoms with Crippen molar-refractivity contribution in [2.75, 3.05) is 0 Å². The molecule has 1 aromatic rings. The molecule has 1 N–H and O–H groups in total. The largest absolute Gasteiger partial charge is 0.487 e. The normalized spacial score (nSPS) is 36.4. The van der Waals surface area contributed by atoms with E-state index >= 15 is 0 Å². The van der Waals surface area contributed by atoms with Crippen LogP contribution >= 0.6 is 0 Å². The summed E-state index contributed by atoms with van der Waals surface area (Å²) in [7, 11) is 0. The number of benzene rings is 1. The van der Waals surface area contributed by atoms with Crippen molar-refractivity contribution in [3.8, 4) is 5.75 Å². The molecule has 2 unspecified atom stereocenters. The summed E-state index contributed by atoms with van der Waals surface area (Å²) in [5, 5.41) is 10.3. The first kappa shape index (κ1) is 11.1. The SMILES string of the molecule is CC1CCCCC12C[C@H](O)c1ccccc1O2. The minimum atomic E-state index is -0.361. The minimum Gasteiger partial charge on any atom is -0.487 e. The van der Waals surface area contributed by atoms with Crippen molar-refractivity contribution in [3.63, 3.8) is 0 Å². The highest BCUT2D eigenvalue weighted by Gasteiger charge is 2.45. The Morgan fingerprint density at radius 1 is 1.29 bits per heavy atom. The molecule has 1 aromatic carbocycles. The molecule has 0 bridgehead atoms. The molecule has 3 rings (SSSR count). The number of hydrogen-bond acceptors (Lipinski definition) is 2. The Kier molecular flexibility index (Phi) is 2.62. The third kappa shape index (κ3) is 1.75. The summed E-state index contributed by atoms with van der Waals surface area (Å²) in [4.78, 5) is 0. The van der Waals surface area contributed by atoms with Crippen molar-refractivity contribution in [2.45, 2.75) is 50.7 Å². The van der Waals surface area contributed by atoms with Gasteiger partial charge in [-0.15, -0.1) is 0 Å². The molecule has 1 saturated carbocycles. The van der Waals surface area contributed by atoms with E-state index in [4.69, 9.17) is 4.74 Å². The van der Waals surface area contributed by atoms with Gasteiger partial charge in [-0.25, -0.2) is 0 Å².